The standard InChI is InChI=1S/C19H22N2O3S/c1-12-9-14(3)19(10-13(12)2)25(23,24)20-17-5-6-18-16(11-17)7-8-21(18)15(4)22/h5-6,9-11,20H,7-8H2,1-4H3. The molecule has 0 saturated carbocycles. The van der Waals surface area contributed by atoms with Crippen LogP contribution in [-0.2, 0) is 21.2 Å². The molecule has 0 aromatic heterocycles. The number of carbonyl (C=O) groups excluding carboxylic acids is 1. The average molecular weight is 358 g/mol. The number of carbonyl (C=O) groups is 1. The lowest BCUT2D eigenvalue weighted by atomic mass is 10.1. The summed E-state index contributed by atoms with van der Waals surface area (Å²) in [5.41, 5.74) is 5.08. The van der Waals surface area contributed by atoms with Crippen molar-refractivity contribution in [1.82, 2.24) is 0 Å². The molecular formula is C19H22N2O3S. The van der Waals surface area contributed by atoms with Gasteiger partial charge in [0.25, 0.3) is 10.0 Å². The topological polar surface area (TPSA) is 66.5 Å². The zero-order chi connectivity index (χ0) is 18.4. The van der Waals surface area contributed by atoms with Crippen LogP contribution >= 0.6 is 0 Å². The molecule has 2 aromatic carbocycles. The van der Waals surface area contributed by atoms with E-state index in [2.05, 4.69) is 4.72 Å². The molecule has 0 radical (unpaired) electrons. The van der Waals surface area contributed by atoms with Crippen LogP contribution in [0.15, 0.2) is 35.2 Å². The van der Waals surface area contributed by atoms with Gasteiger partial charge >= 0.3 is 0 Å². The second-order valence-electron chi connectivity index (χ2n) is 6.57. The highest BCUT2D eigenvalue weighted by atomic mass is 32.2. The minimum Gasteiger partial charge on any atom is -0.312 e. The van der Waals surface area contributed by atoms with E-state index in [1.807, 2.05) is 26.0 Å². The van der Waals surface area contributed by atoms with Crippen LogP contribution in [0.3, 0.4) is 0 Å². The number of rotatable bonds is 3. The van der Waals surface area contributed by atoms with Crippen molar-refractivity contribution >= 4 is 27.3 Å². The smallest absolute Gasteiger partial charge is 0.262 e. The van der Waals surface area contributed by atoms with Gasteiger partial charge < -0.3 is 4.90 Å². The van der Waals surface area contributed by atoms with E-state index >= 15 is 0 Å². The number of benzene rings is 2. The van der Waals surface area contributed by atoms with Crippen molar-refractivity contribution < 1.29 is 13.2 Å². The summed E-state index contributed by atoms with van der Waals surface area (Å²) in [6.07, 6.45) is 0.729. The van der Waals surface area contributed by atoms with E-state index in [0.29, 0.717) is 17.1 Å². The predicted molar refractivity (Wildman–Crippen MR) is 99.6 cm³/mol. The molecule has 0 saturated heterocycles. The molecule has 2 aromatic rings. The molecule has 6 heteroatoms. The van der Waals surface area contributed by atoms with E-state index in [0.717, 1.165) is 34.4 Å². The van der Waals surface area contributed by atoms with E-state index in [1.165, 1.54) is 6.92 Å². The van der Waals surface area contributed by atoms with Gasteiger partial charge in [-0.3, -0.25) is 9.52 Å². The summed E-state index contributed by atoms with van der Waals surface area (Å²) in [5.74, 6) is -0.00200. The molecule has 0 fully saturated rings. The highest BCUT2D eigenvalue weighted by Gasteiger charge is 2.23. The quantitative estimate of drug-likeness (QED) is 0.915. The molecule has 25 heavy (non-hydrogen) atoms. The second-order valence-corrected chi connectivity index (χ2v) is 8.22. The van der Waals surface area contributed by atoms with Crippen LogP contribution in [-0.4, -0.2) is 20.9 Å². The van der Waals surface area contributed by atoms with E-state index in [1.54, 1.807) is 30.0 Å². The van der Waals surface area contributed by atoms with Crippen molar-refractivity contribution in [3.05, 3.63) is 52.6 Å². The number of anilines is 2. The molecule has 132 valence electrons. The van der Waals surface area contributed by atoms with Gasteiger partial charge in [-0.25, -0.2) is 8.42 Å². The minimum absolute atomic E-state index is 0.00200. The van der Waals surface area contributed by atoms with Gasteiger partial charge in [0, 0.05) is 24.8 Å². The Morgan fingerprint density at radius 2 is 1.72 bits per heavy atom. The molecule has 0 atom stereocenters. The first-order valence-electron chi connectivity index (χ1n) is 8.21. The molecule has 5 nitrogen and oxygen atoms in total. The van der Waals surface area contributed by atoms with E-state index < -0.39 is 10.0 Å². The van der Waals surface area contributed by atoms with Gasteiger partial charge in [-0.15, -0.1) is 0 Å². The number of sulfonamides is 1. The van der Waals surface area contributed by atoms with Crippen molar-refractivity contribution in [2.45, 2.75) is 39.0 Å². The zero-order valence-corrected chi connectivity index (χ0v) is 15.7. The third-order valence-corrected chi connectivity index (χ3v) is 6.21. The Balaban J connectivity index is 1.93. The third-order valence-electron chi connectivity index (χ3n) is 4.69. The number of hydrogen-bond donors (Lipinski definition) is 1. The van der Waals surface area contributed by atoms with Gasteiger partial charge in [-0.05, 0) is 73.7 Å². The lowest BCUT2D eigenvalue weighted by Crippen LogP contribution is -2.25. The first-order chi connectivity index (χ1) is 11.7. The Bertz CT molecular complexity index is 965. The molecule has 1 N–H and O–H groups in total. The van der Waals surface area contributed by atoms with Crippen LogP contribution in [0.5, 0.6) is 0 Å². The maximum Gasteiger partial charge on any atom is 0.262 e. The molecule has 1 amide bonds. The van der Waals surface area contributed by atoms with Crippen molar-refractivity contribution in [3.63, 3.8) is 0 Å². The van der Waals surface area contributed by atoms with Crippen LogP contribution in [0.25, 0.3) is 0 Å². The van der Waals surface area contributed by atoms with Gasteiger partial charge in [-0.2, -0.15) is 0 Å². The van der Waals surface area contributed by atoms with E-state index in [9.17, 15) is 13.2 Å². The summed E-state index contributed by atoms with van der Waals surface area (Å²) in [6.45, 7) is 7.84. The van der Waals surface area contributed by atoms with Crippen LogP contribution < -0.4 is 9.62 Å². The maximum absolute atomic E-state index is 12.8. The number of amides is 1. The number of nitrogens with zero attached hydrogens (tertiary/aromatic N) is 1. The molecule has 1 heterocycles. The number of nitrogens with one attached hydrogen (secondary N) is 1. The maximum atomic E-state index is 12.8. The van der Waals surface area contributed by atoms with Gasteiger partial charge in [0.05, 0.1) is 4.90 Å². The summed E-state index contributed by atoms with van der Waals surface area (Å²) >= 11 is 0. The fraction of sp³-hybridized carbons (Fsp3) is 0.316. The summed E-state index contributed by atoms with van der Waals surface area (Å²) in [7, 11) is -3.66. The van der Waals surface area contributed by atoms with Gasteiger partial charge in [-0.1, -0.05) is 6.07 Å². The number of hydrogen-bond acceptors (Lipinski definition) is 3. The van der Waals surface area contributed by atoms with Gasteiger partial charge in [0.2, 0.25) is 5.91 Å². The lowest BCUT2D eigenvalue weighted by molar-refractivity contribution is -0.116. The Morgan fingerprint density at radius 3 is 2.40 bits per heavy atom. The fourth-order valence-electron chi connectivity index (χ4n) is 3.23. The first-order valence-corrected chi connectivity index (χ1v) is 9.69. The molecule has 1 aliphatic heterocycles. The predicted octanol–water partition coefficient (Wildman–Crippen LogP) is 3.32. The summed E-state index contributed by atoms with van der Waals surface area (Å²) in [4.78, 5) is 13.6. The highest BCUT2D eigenvalue weighted by Crippen LogP contribution is 2.31. The SMILES string of the molecule is CC(=O)N1CCc2cc(NS(=O)(=O)c3cc(C)c(C)cc3C)ccc21. The Labute approximate surface area is 148 Å². The average Bonchev–Trinajstić information content (AvgIpc) is 2.93. The van der Waals surface area contributed by atoms with Crippen LogP contribution in [0.4, 0.5) is 11.4 Å². The molecule has 0 spiro atoms. The second kappa shape index (κ2) is 6.19. The van der Waals surface area contributed by atoms with Crippen LogP contribution in [0, 0.1) is 20.8 Å². The Kier molecular flexibility index (Phi) is 4.33. The Morgan fingerprint density at radius 1 is 1.04 bits per heavy atom. The Hall–Kier alpha value is -2.34. The molecule has 0 aliphatic carbocycles. The van der Waals surface area contributed by atoms with Crippen LogP contribution in [0.2, 0.25) is 0 Å². The monoisotopic (exact) mass is 358 g/mol. The van der Waals surface area contributed by atoms with Gasteiger partial charge in [0.1, 0.15) is 0 Å². The summed E-state index contributed by atoms with van der Waals surface area (Å²) < 4.78 is 28.2. The highest BCUT2D eigenvalue weighted by molar-refractivity contribution is 7.92. The molecule has 1 aliphatic rings. The van der Waals surface area contributed by atoms with Crippen molar-refractivity contribution in [1.29, 1.82) is 0 Å². The van der Waals surface area contributed by atoms with E-state index in [4.69, 9.17) is 0 Å². The van der Waals surface area contributed by atoms with Crippen molar-refractivity contribution in [2.75, 3.05) is 16.2 Å². The molecular weight excluding hydrogens is 336 g/mol. The van der Waals surface area contributed by atoms with Crippen LogP contribution in [0.1, 0.15) is 29.2 Å². The van der Waals surface area contributed by atoms with E-state index in [-0.39, 0.29) is 5.91 Å². The first kappa shape index (κ1) is 17.5. The third kappa shape index (κ3) is 3.26. The number of aryl methyl sites for hydroxylation is 3. The van der Waals surface area contributed by atoms with Crippen molar-refractivity contribution in [3.8, 4) is 0 Å². The minimum atomic E-state index is -3.66. The normalized spacial score (nSPS) is 13.7. The fourth-order valence-corrected chi connectivity index (χ4v) is 4.59. The largest absolute Gasteiger partial charge is 0.312 e. The molecule has 0 bridgehead atoms. The zero-order valence-electron chi connectivity index (χ0n) is 14.9. The lowest BCUT2D eigenvalue weighted by Gasteiger charge is -2.16. The van der Waals surface area contributed by atoms with Gasteiger partial charge in [0.15, 0.2) is 0 Å². The summed E-state index contributed by atoms with van der Waals surface area (Å²) in [6, 6.07) is 8.91. The van der Waals surface area contributed by atoms with Crippen molar-refractivity contribution in [2.24, 2.45) is 0 Å². The molecule has 3 rings (SSSR count). The number of fused-ring (bicyclic) bond motifs is 1. The summed E-state index contributed by atoms with van der Waals surface area (Å²) in [5, 5.41) is 0. The molecule has 0 unspecified atom stereocenters.